The van der Waals surface area contributed by atoms with Gasteiger partial charge in [0.25, 0.3) is 0 Å². The highest BCUT2D eigenvalue weighted by molar-refractivity contribution is 8.00. The zero-order valence-electron chi connectivity index (χ0n) is 24.5. The molecule has 0 spiro atoms. The van der Waals surface area contributed by atoms with E-state index < -0.39 is 29.0 Å². The van der Waals surface area contributed by atoms with Gasteiger partial charge in [-0.25, -0.2) is 9.69 Å². The molecule has 9 nitrogen and oxygen atoms in total. The van der Waals surface area contributed by atoms with Gasteiger partial charge in [0.15, 0.2) is 0 Å². The topological polar surface area (TPSA) is 115 Å². The molecular formula is C35H27N3O6S2. The molecule has 2 aliphatic heterocycles. The van der Waals surface area contributed by atoms with E-state index in [1.54, 1.807) is 19.1 Å². The van der Waals surface area contributed by atoms with Crippen molar-refractivity contribution in [1.82, 2.24) is 4.57 Å². The SMILES string of the molecule is CCOC(=O)c1ccc(N2C(=O)[C@H]3[C@H](c4ccccc4)c4sc(=O)n(CC(=O)Nc5cccc6ccccc56)c4S[C@H]3C2=O)cc1. The van der Waals surface area contributed by atoms with Crippen molar-refractivity contribution in [3.8, 4) is 0 Å². The van der Waals surface area contributed by atoms with Crippen molar-refractivity contribution in [3.63, 3.8) is 0 Å². The van der Waals surface area contributed by atoms with Crippen molar-refractivity contribution < 1.29 is 23.9 Å². The molecule has 7 rings (SSSR count). The fraction of sp³-hybridized carbons (Fsp3) is 0.171. The van der Waals surface area contributed by atoms with Crippen molar-refractivity contribution in [2.24, 2.45) is 5.92 Å². The van der Waals surface area contributed by atoms with E-state index in [9.17, 15) is 24.0 Å². The third-order valence-corrected chi connectivity index (χ3v) is 10.8. The summed E-state index contributed by atoms with van der Waals surface area (Å²) in [7, 11) is 0. The predicted octanol–water partition coefficient (Wildman–Crippen LogP) is 5.67. The Kier molecular flexibility index (Phi) is 7.79. The zero-order chi connectivity index (χ0) is 31.9. The molecule has 0 saturated carbocycles. The number of hydrogen-bond acceptors (Lipinski definition) is 8. The minimum atomic E-state index is -0.823. The Balaban J connectivity index is 1.23. The van der Waals surface area contributed by atoms with Crippen LogP contribution in [0, 0.1) is 5.92 Å². The molecule has 0 aliphatic carbocycles. The number of nitrogens with zero attached hydrogens (tertiary/aromatic N) is 2. The van der Waals surface area contributed by atoms with Gasteiger partial charge in [-0.15, -0.1) is 0 Å². The van der Waals surface area contributed by atoms with Crippen molar-refractivity contribution >= 4 is 68.9 Å². The molecule has 0 unspecified atom stereocenters. The summed E-state index contributed by atoms with van der Waals surface area (Å²) in [6.07, 6.45) is 0. The Morgan fingerprint density at radius 3 is 2.33 bits per heavy atom. The van der Waals surface area contributed by atoms with Gasteiger partial charge in [0, 0.05) is 21.9 Å². The number of thiazole rings is 1. The molecule has 1 aromatic heterocycles. The first-order chi connectivity index (χ1) is 22.4. The zero-order valence-corrected chi connectivity index (χ0v) is 26.2. The summed E-state index contributed by atoms with van der Waals surface area (Å²) in [6.45, 7) is 1.69. The normalized spacial score (nSPS) is 18.7. The predicted molar refractivity (Wildman–Crippen MR) is 177 cm³/mol. The van der Waals surface area contributed by atoms with Crippen LogP contribution in [0.15, 0.2) is 107 Å². The summed E-state index contributed by atoms with van der Waals surface area (Å²) in [5.41, 5.74) is 2.09. The van der Waals surface area contributed by atoms with Gasteiger partial charge in [0.05, 0.1) is 28.8 Å². The average Bonchev–Trinajstić information content (AvgIpc) is 3.51. The second-order valence-electron chi connectivity index (χ2n) is 10.9. The first kappa shape index (κ1) is 29.7. The molecule has 1 N–H and O–H groups in total. The van der Waals surface area contributed by atoms with Gasteiger partial charge in [-0.3, -0.25) is 23.7 Å². The number of rotatable bonds is 7. The lowest BCUT2D eigenvalue weighted by molar-refractivity contribution is -0.122. The number of benzene rings is 4. The Labute approximate surface area is 271 Å². The van der Waals surface area contributed by atoms with Crippen LogP contribution in [0.5, 0.6) is 0 Å². The molecule has 0 bridgehead atoms. The molecule has 1 saturated heterocycles. The largest absolute Gasteiger partial charge is 0.462 e. The number of aromatic nitrogens is 1. The van der Waals surface area contributed by atoms with Crippen molar-refractivity contribution in [2.75, 3.05) is 16.8 Å². The van der Waals surface area contributed by atoms with E-state index in [0.717, 1.165) is 39.4 Å². The third kappa shape index (κ3) is 5.11. The molecule has 11 heteroatoms. The summed E-state index contributed by atoms with van der Waals surface area (Å²) in [4.78, 5) is 68.6. The number of imide groups is 1. The number of amides is 3. The first-order valence-electron chi connectivity index (χ1n) is 14.7. The van der Waals surface area contributed by atoms with Gasteiger partial charge < -0.3 is 10.1 Å². The highest BCUT2D eigenvalue weighted by Gasteiger charge is 2.56. The highest BCUT2D eigenvalue weighted by atomic mass is 32.2. The van der Waals surface area contributed by atoms with E-state index in [1.165, 1.54) is 21.6 Å². The smallest absolute Gasteiger partial charge is 0.338 e. The number of thioether (sulfide) groups is 1. The van der Waals surface area contributed by atoms with Crippen LogP contribution in [0.1, 0.15) is 33.6 Å². The maximum Gasteiger partial charge on any atom is 0.338 e. The summed E-state index contributed by atoms with van der Waals surface area (Å²) < 4.78 is 6.47. The van der Waals surface area contributed by atoms with Crippen molar-refractivity contribution in [1.29, 1.82) is 0 Å². The lowest BCUT2D eigenvalue weighted by Gasteiger charge is -2.30. The molecule has 3 heterocycles. The molecular weight excluding hydrogens is 623 g/mol. The monoisotopic (exact) mass is 649 g/mol. The van der Waals surface area contributed by atoms with E-state index in [-0.39, 0.29) is 29.8 Å². The van der Waals surface area contributed by atoms with E-state index in [4.69, 9.17) is 4.74 Å². The number of carbonyl (C=O) groups excluding carboxylic acids is 4. The lowest BCUT2D eigenvalue weighted by Crippen LogP contribution is -2.33. The second-order valence-corrected chi connectivity index (χ2v) is 13.1. The van der Waals surface area contributed by atoms with Crippen LogP contribution < -0.4 is 15.1 Å². The Bertz CT molecular complexity index is 2070. The number of ether oxygens (including phenoxy) is 1. The van der Waals surface area contributed by atoms with E-state index in [2.05, 4.69) is 5.32 Å². The molecule has 2 aliphatic rings. The number of anilines is 2. The fourth-order valence-electron chi connectivity index (χ4n) is 6.16. The van der Waals surface area contributed by atoms with Crippen LogP contribution in [-0.2, 0) is 25.7 Å². The van der Waals surface area contributed by atoms with Gasteiger partial charge in [-0.2, -0.15) is 0 Å². The van der Waals surface area contributed by atoms with Crippen LogP contribution in [0.2, 0.25) is 0 Å². The summed E-state index contributed by atoms with van der Waals surface area (Å²) >= 11 is 2.16. The number of carbonyl (C=O) groups is 4. The van der Waals surface area contributed by atoms with E-state index in [0.29, 0.717) is 26.8 Å². The van der Waals surface area contributed by atoms with Gasteiger partial charge in [-0.1, -0.05) is 89.8 Å². The number of nitrogens with one attached hydrogen (secondary N) is 1. The van der Waals surface area contributed by atoms with Gasteiger partial charge >= 0.3 is 10.8 Å². The van der Waals surface area contributed by atoms with Gasteiger partial charge in [0.2, 0.25) is 17.7 Å². The van der Waals surface area contributed by atoms with Gasteiger partial charge in [0.1, 0.15) is 11.8 Å². The quantitative estimate of drug-likeness (QED) is 0.178. The van der Waals surface area contributed by atoms with Gasteiger partial charge in [-0.05, 0) is 48.2 Å². The Morgan fingerprint density at radius 2 is 1.57 bits per heavy atom. The molecule has 0 radical (unpaired) electrons. The van der Waals surface area contributed by atoms with Crippen molar-refractivity contribution in [2.45, 2.75) is 29.7 Å². The number of fused-ring (bicyclic) bond motifs is 3. The van der Waals surface area contributed by atoms with Crippen LogP contribution in [-0.4, -0.2) is 40.1 Å². The second kappa shape index (κ2) is 12.1. The maximum absolute atomic E-state index is 14.1. The maximum atomic E-state index is 14.1. The summed E-state index contributed by atoms with van der Waals surface area (Å²) in [5, 5.41) is 4.49. The van der Waals surface area contributed by atoms with E-state index in [1.807, 2.05) is 72.8 Å². The van der Waals surface area contributed by atoms with E-state index >= 15 is 0 Å². The number of hydrogen-bond donors (Lipinski definition) is 1. The molecule has 4 aromatic carbocycles. The summed E-state index contributed by atoms with van der Waals surface area (Å²) in [5.74, 6) is -3.01. The standard InChI is InChI=1S/C35H27N3O6S2/c1-2-44-34(42)22-15-17-23(18-16-22)38-31(40)28-27(21-10-4-3-5-11-21)30-33(45-29(28)32(38)41)37(35(43)46-30)19-26(39)36-25-14-8-12-20-9-6-7-13-24(20)25/h3-18,27-29H,2,19H2,1H3,(H,36,39)/t27-,28-,29+/m0/s1. The Hall–Kier alpha value is -5.00. The minimum Gasteiger partial charge on any atom is -0.462 e. The van der Waals surface area contributed by atoms with Crippen LogP contribution in [0.3, 0.4) is 0 Å². The average molecular weight is 650 g/mol. The molecule has 1 fully saturated rings. The number of esters is 1. The highest BCUT2D eigenvalue weighted by Crippen LogP contribution is 2.53. The van der Waals surface area contributed by atoms with Crippen LogP contribution in [0.4, 0.5) is 11.4 Å². The lowest BCUT2D eigenvalue weighted by atomic mass is 9.83. The first-order valence-corrected chi connectivity index (χ1v) is 16.4. The Morgan fingerprint density at radius 1 is 0.848 bits per heavy atom. The minimum absolute atomic E-state index is 0.227. The molecule has 5 aromatic rings. The van der Waals surface area contributed by atoms with Crippen LogP contribution >= 0.6 is 23.1 Å². The molecule has 3 amide bonds. The third-order valence-electron chi connectivity index (χ3n) is 8.21. The summed E-state index contributed by atoms with van der Waals surface area (Å²) in [6, 6.07) is 28.9. The van der Waals surface area contributed by atoms with Crippen LogP contribution in [0.25, 0.3) is 10.8 Å². The molecule has 230 valence electrons. The molecule has 3 atom stereocenters. The fourth-order valence-corrected chi connectivity index (χ4v) is 8.93. The van der Waals surface area contributed by atoms with Crippen molar-refractivity contribution in [3.05, 3.63) is 123 Å². The molecule has 46 heavy (non-hydrogen) atoms.